The van der Waals surface area contributed by atoms with Crippen molar-refractivity contribution in [2.45, 2.75) is 89.9 Å². The summed E-state index contributed by atoms with van der Waals surface area (Å²) in [4.78, 5) is 31.8. The van der Waals surface area contributed by atoms with E-state index in [4.69, 9.17) is 14.6 Å². The number of fused-ring (bicyclic) bond motifs is 1. The van der Waals surface area contributed by atoms with Crippen molar-refractivity contribution in [3.63, 3.8) is 0 Å². The Labute approximate surface area is 223 Å². The number of nitrogens with one attached hydrogen (secondary N) is 1. The second-order valence-electron chi connectivity index (χ2n) is 11.7. The number of aromatic nitrogens is 2. The molecule has 10 heteroatoms. The number of aryl methyl sites for hydroxylation is 1. The van der Waals surface area contributed by atoms with Gasteiger partial charge in [-0.2, -0.15) is 5.10 Å². The quantitative estimate of drug-likeness (QED) is 0.631. The number of piperidine rings is 2. The average molecular weight is 532 g/mol. The lowest BCUT2D eigenvalue weighted by Gasteiger charge is -2.42. The van der Waals surface area contributed by atoms with E-state index < -0.39 is 5.60 Å². The topological polar surface area (TPSA) is 88.9 Å². The molecule has 0 aliphatic carbocycles. The third-order valence-electron chi connectivity index (χ3n) is 7.83. The number of thiophene rings is 1. The Morgan fingerprint density at radius 2 is 1.70 bits per heavy atom. The van der Waals surface area contributed by atoms with E-state index in [0.29, 0.717) is 12.1 Å². The van der Waals surface area contributed by atoms with E-state index in [0.717, 1.165) is 98.7 Å². The zero-order valence-electron chi connectivity index (χ0n) is 22.6. The van der Waals surface area contributed by atoms with Gasteiger partial charge in [-0.3, -0.25) is 9.48 Å². The molecule has 2 aromatic rings. The molecule has 0 aromatic carbocycles. The van der Waals surface area contributed by atoms with Gasteiger partial charge in [0.15, 0.2) is 0 Å². The molecule has 0 spiro atoms. The van der Waals surface area contributed by atoms with Crippen LogP contribution in [0.5, 0.6) is 0 Å². The van der Waals surface area contributed by atoms with Crippen molar-refractivity contribution in [3.8, 4) is 0 Å². The van der Waals surface area contributed by atoms with Gasteiger partial charge in [-0.05, 0) is 72.3 Å². The standard InChI is InChI=1S/C27H41N5O4S/c1-18-22-17-23(37-25(22)32(29-18)21-9-15-35-16-10-21)24(33)28-19-5-11-30(12-6-19)20-7-13-31(14-8-20)26(34)36-27(2,3)4/h17,19-21H,5-16H2,1-4H3,(H,28,33). The zero-order valence-corrected chi connectivity index (χ0v) is 23.4. The van der Waals surface area contributed by atoms with E-state index in [2.05, 4.69) is 14.9 Å². The summed E-state index contributed by atoms with van der Waals surface area (Å²) in [5, 5.41) is 9.17. The minimum absolute atomic E-state index is 0.0308. The molecule has 204 valence electrons. The molecule has 3 aliphatic rings. The number of ether oxygens (including phenoxy) is 2. The molecule has 9 nitrogen and oxygen atoms in total. The monoisotopic (exact) mass is 531 g/mol. The summed E-state index contributed by atoms with van der Waals surface area (Å²) in [6, 6.07) is 3.05. The number of hydrogen-bond donors (Lipinski definition) is 1. The molecule has 3 fully saturated rings. The van der Waals surface area contributed by atoms with E-state index in [1.807, 2.05) is 38.7 Å². The summed E-state index contributed by atoms with van der Waals surface area (Å²) in [5.74, 6) is 0.0308. The van der Waals surface area contributed by atoms with Gasteiger partial charge >= 0.3 is 6.09 Å². The zero-order chi connectivity index (χ0) is 26.2. The Morgan fingerprint density at radius 3 is 2.35 bits per heavy atom. The Hall–Kier alpha value is -2.17. The molecule has 0 radical (unpaired) electrons. The number of likely N-dealkylation sites (tertiary alicyclic amines) is 2. The van der Waals surface area contributed by atoms with Crippen LogP contribution in [0, 0.1) is 6.92 Å². The summed E-state index contributed by atoms with van der Waals surface area (Å²) in [5.41, 5.74) is 0.530. The second-order valence-corrected chi connectivity index (χ2v) is 12.7. The summed E-state index contributed by atoms with van der Waals surface area (Å²) >= 11 is 1.56. The maximum atomic E-state index is 13.1. The molecule has 37 heavy (non-hydrogen) atoms. The molecular formula is C27H41N5O4S. The first-order valence-corrected chi connectivity index (χ1v) is 14.6. The predicted molar refractivity (Wildman–Crippen MR) is 144 cm³/mol. The van der Waals surface area contributed by atoms with Gasteiger partial charge in [0, 0.05) is 56.9 Å². The summed E-state index contributed by atoms with van der Waals surface area (Å²) in [6.07, 6.45) is 5.59. The van der Waals surface area contributed by atoms with Crippen molar-refractivity contribution in [2.75, 3.05) is 39.4 Å². The van der Waals surface area contributed by atoms with E-state index in [-0.39, 0.29) is 18.0 Å². The van der Waals surface area contributed by atoms with Crippen molar-refractivity contribution < 1.29 is 19.1 Å². The lowest BCUT2D eigenvalue weighted by molar-refractivity contribution is 0.0125. The first-order chi connectivity index (χ1) is 17.7. The van der Waals surface area contributed by atoms with Crippen LogP contribution in [0.3, 0.4) is 0 Å². The van der Waals surface area contributed by atoms with Gasteiger partial charge in [0.1, 0.15) is 10.4 Å². The minimum atomic E-state index is -0.458. The fraction of sp³-hybridized carbons (Fsp3) is 0.741. The number of nitrogens with zero attached hydrogens (tertiary/aromatic N) is 4. The summed E-state index contributed by atoms with van der Waals surface area (Å²) < 4.78 is 13.2. The SMILES string of the molecule is Cc1nn(C2CCOCC2)c2sc(C(=O)NC3CCN(C4CCN(C(=O)OC(C)(C)C)CC4)CC3)cc12. The van der Waals surface area contributed by atoms with Gasteiger partial charge in [-0.15, -0.1) is 11.3 Å². The molecule has 5 rings (SSSR count). The van der Waals surface area contributed by atoms with E-state index in [9.17, 15) is 9.59 Å². The van der Waals surface area contributed by atoms with Crippen LogP contribution in [0.4, 0.5) is 4.79 Å². The third kappa shape index (κ3) is 6.12. The minimum Gasteiger partial charge on any atom is -0.444 e. The van der Waals surface area contributed by atoms with Gasteiger partial charge in [0.2, 0.25) is 0 Å². The molecule has 3 saturated heterocycles. The average Bonchev–Trinajstić information content (AvgIpc) is 3.45. The Bertz CT molecular complexity index is 1100. The van der Waals surface area contributed by atoms with Crippen molar-refractivity contribution >= 4 is 33.6 Å². The van der Waals surface area contributed by atoms with Crippen LogP contribution in [0.2, 0.25) is 0 Å². The highest BCUT2D eigenvalue weighted by Gasteiger charge is 2.32. The normalized spacial score (nSPS) is 21.5. The highest BCUT2D eigenvalue weighted by molar-refractivity contribution is 7.20. The molecule has 0 bridgehead atoms. The Kier molecular flexibility index (Phi) is 7.79. The maximum Gasteiger partial charge on any atom is 0.410 e. The van der Waals surface area contributed by atoms with E-state index in [1.54, 1.807) is 11.3 Å². The first-order valence-electron chi connectivity index (χ1n) is 13.8. The highest BCUT2D eigenvalue weighted by Crippen LogP contribution is 2.33. The summed E-state index contributed by atoms with van der Waals surface area (Å²) in [6.45, 7) is 12.7. The number of hydrogen-bond acceptors (Lipinski definition) is 7. The van der Waals surface area contributed by atoms with Gasteiger partial charge in [-0.1, -0.05) is 0 Å². The van der Waals surface area contributed by atoms with Crippen LogP contribution in [0.25, 0.3) is 10.2 Å². The van der Waals surface area contributed by atoms with Crippen LogP contribution in [-0.2, 0) is 9.47 Å². The third-order valence-corrected chi connectivity index (χ3v) is 8.95. The molecule has 0 atom stereocenters. The van der Waals surface area contributed by atoms with Crippen LogP contribution in [-0.4, -0.2) is 88.7 Å². The molecular weight excluding hydrogens is 490 g/mol. The Balaban J connectivity index is 1.11. The second kappa shape index (κ2) is 10.9. The van der Waals surface area contributed by atoms with Crippen molar-refractivity contribution in [1.29, 1.82) is 0 Å². The van der Waals surface area contributed by atoms with Gasteiger partial charge < -0.3 is 24.6 Å². The smallest absolute Gasteiger partial charge is 0.410 e. The fourth-order valence-electron chi connectivity index (χ4n) is 5.77. The lowest BCUT2D eigenvalue weighted by Crippen LogP contribution is -2.52. The lowest BCUT2D eigenvalue weighted by atomic mass is 9.98. The maximum absolute atomic E-state index is 13.1. The number of rotatable bonds is 4. The van der Waals surface area contributed by atoms with Crippen molar-refractivity contribution in [2.24, 2.45) is 0 Å². The van der Waals surface area contributed by atoms with Crippen LogP contribution < -0.4 is 5.32 Å². The van der Waals surface area contributed by atoms with E-state index >= 15 is 0 Å². The highest BCUT2D eigenvalue weighted by atomic mass is 32.1. The van der Waals surface area contributed by atoms with E-state index in [1.165, 1.54) is 0 Å². The molecule has 0 unspecified atom stereocenters. The number of carbonyl (C=O) groups is 2. The first kappa shape index (κ1) is 26.4. The number of amides is 2. The van der Waals surface area contributed by atoms with Crippen LogP contribution >= 0.6 is 11.3 Å². The van der Waals surface area contributed by atoms with Gasteiger partial charge in [0.05, 0.1) is 16.6 Å². The van der Waals surface area contributed by atoms with Crippen molar-refractivity contribution in [3.05, 3.63) is 16.6 Å². The fourth-order valence-corrected chi connectivity index (χ4v) is 6.90. The Morgan fingerprint density at radius 1 is 1.03 bits per heavy atom. The summed E-state index contributed by atoms with van der Waals surface area (Å²) in [7, 11) is 0. The van der Waals surface area contributed by atoms with Gasteiger partial charge in [0.25, 0.3) is 5.91 Å². The predicted octanol–water partition coefficient (Wildman–Crippen LogP) is 4.35. The molecule has 3 aliphatic heterocycles. The molecule has 1 N–H and O–H groups in total. The molecule has 2 aromatic heterocycles. The molecule has 5 heterocycles. The molecule has 2 amide bonds. The van der Waals surface area contributed by atoms with Gasteiger partial charge in [-0.25, -0.2) is 4.79 Å². The number of carbonyl (C=O) groups excluding carboxylic acids is 2. The van der Waals surface area contributed by atoms with Crippen LogP contribution in [0.15, 0.2) is 6.07 Å². The largest absolute Gasteiger partial charge is 0.444 e. The van der Waals surface area contributed by atoms with Crippen molar-refractivity contribution in [1.82, 2.24) is 24.9 Å². The van der Waals surface area contributed by atoms with Crippen LogP contribution in [0.1, 0.15) is 80.7 Å². The molecule has 0 saturated carbocycles.